The molecular weight excluding hydrogens is 1100 g/mol. The molecule has 0 radical (unpaired) electrons. The van der Waals surface area contributed by atoms with E-state index in [1.165, 1.54) is 19.7 Å². The van der Waals surface area contributed by atoms with Crippen molar-refractivity contribution in [2.45, 2.75) is 125 Å². The van der Waals surface area contributed by atoms with Gasteiger partial charge >= 0.3 is 12.1 Å². The van der Waals surface area contributed by atoms with Gasteiger partial charge in [0, 0.05) is 125 Å². The van der Waals surface area contributed by atoms with Gasteiger partial charge in [-0.05, 0) is 172 Å². The number of benzene rings is 4. The zero-order valence-corrected chi connectivity index (χ0v) is 49.6. The number of hydrogen-bond donors (Lipinski definition) is 6. The van der Waals surface area contributed by atoms with E-state index in [0.717, 1.165) is 59.6 Å². The van der Waals surface area contributed by atoms with Crippen molar-refractivity contribution in [3.05, 3.63) is 127 Å². The Balaban J connectivity index is 0.628. The van der Waals surface area contributed by atoms with Crippen LogP contribution in [0, 0.1) is 13.8 Å². The Hall–Kier alpha value is -5.32. The van der Waals surface area contributed by atoms with Crippen molar-refractivity contribution in [2.75, 3.05) is 79.5 Å². The van der Waals surface area contributed by atoms with E-state index in [1.54, 1.807) is 36.4 Å². The second-order valence-corrected chi connectivity index (χ2v) is 26.7. The molecule has 0 spiro atoms. The van der Waals surface area contributed by atoms with Crippen LogP contribution in [0.1, 0.15) is 121 Å². The zero-order valence-electron chi connectivity index (χ0n) is 46.4. The molecule has 80 heavy (non-hydrogen) atoms. The lowest BCUT2D eigenvalue weighted by atomic mass is 9.83. The van der Waals surface area contributed by atoms with Gasteiger partial charge in [-0.2, -0.15) is 8.61 Å². The second-order valence-electron chi connectivity index (χ2n) is 22.0. The fourth-order valence-electron chi connectivity index (χ4n) is 11.6. The summed E-state index contributed by atoms with van der Waals surface area (Å²) in [7, 11) is -3.38. The molecule has 4 aromatic carbocycles. The zero-order chi connectivity index (χ0) is 57.1. The first-order valence-corrected chi connectivity index (χ1v) is 31.7. The minimum absolute atomic E-state index is 0.0145. The minimum atomic E-state index is -3.76. The molecule has 4 heterocycles. The summed E-state index contributed by atoms with van der Waals surface area (Å²) in [6.45, 7) is 9.83. The lowest BCUT2D eigenvalue weighted by Gasteiger charge is -2.34. The lowest BCUT2D eigenvalue weighted by molar-refractivity contribution is -0.123. The summed E-state index contributed by atoms with van der Waals surface area (Å²) in [5.74, 6) is -0.321. The Labute approximate surface area is 482 Å². The number of piperidine rings is 2. The van der Waals surface area contributed by atoms with Crippen molar-refractivity contribution in [1.82, 2.24) is 50.3 Å². The summed E-state index contributed by atoms with van der Waals surface area (Å²) < 4.78 is 58.4. The van der Waals surface area contributed by atoms with E-state index >= 15 is 0 Å². The topological polar surface area (TPSA) is 222 Å². The second kappa shape index (κ2) is 27.6. The Bertz CT molecular complexity index is 2890. The summed E-state index contributed by atoms with van der Waals surface area (Å²) in [5.41, 5.74) is 8.83. The molecule has 4 aliphatic rings. The Morgan fingerprint density at radius 1 is 0.525 bits per heavy atom. The van der Waals surface area contributed by atoms with Crippen LogP contribution in [0.15, 0.2) is 82.6 Å². The average molecular weight is 1180 g/mol. The number of urea groups is 2. The number of aryl methyl sites for hydroxylation is 2. The highest BCUT2D eigenvalue weighted by molar-refractivity contribution is 7.89. The van der Waals surface area contributed by atoms with E-state index < -0.39 is 20.0 Å². The Kier molecular flexibility index (Phi) is 21.0. The van der Waals surface area contributed by atoms with Crippen molar-refractivity contribution in [3.63, 3.8) is 0 Å². The number of nitrogens with zero attached hydrogens (tertiary/aromatic N) is 4. The van der Waals surface area contributed by atoms with Gasteiger partial charge in [0.1, 0.15) is 0 Å². The number of amides is 6. The highest BCUT2D eigenvalue weighted by atomic mass is 35.5. The monoisotopic (exact) mass is 1180 g/mol. The van der Waals surface area contributed by atoms with E-state index in [-0.39, 0.29) is 70.4 Å². The minimum Gasteiger partial charge on any atom is -0.353 e. The maximum absolute atomic E-state index is 13.9. The molecule has 0 bridgehead atoms. The number of unbranched alkanes of at least 4 members (excludes halogenated alkanes) is 1. The van der Waals surface area contributed by atoms with Crippen molar-refractivity contribution in [2.24, 2.45) is 0 Å². The number of hydrogen-bond acceptors (Lipinski definition) is 10. The van der Waals surface area contributed by atoms with Gasteiger partial charge in [0.05, 0.1) is 9.79 Å². The van der Waals surface area contributed by atoms with Crippen LogP contribution in [0.3, 0.4) is 0 Å². The van der Waals surface area contributed by atoms with Crippen molar-refractivity contribution >= 4 is 67.1 Å². The molecule has 0 aliphatic carbocycles. The number of fused-ring (bicyclic) bond motifs is 2. The van der Waals surface area contributed by atoms with Gasteiger partial charge in [0.2, 0.25) is 31.9 Å². The van der Waals surface area contributed by atoms with Gasteiger partial charge in [-0.1, -0.05) is 47.5 Å². The van der Waals surface area contributed by atoms with E-state index in [9.17, 15) is 36.0 Å². The lowest BCUT2D eigenvalue weighted by Crippen LogP contribution is -2.46. The molecule has 2 saturated heterocycles. The number of rotatable bonds is 21. The van der Waals surface area contributed by atoms with Crippen LogP contribution in [0.5, 0.6) is 0 Å². The molecule has 2 atom stereocenters. The predicted molar refractivity (Wildman–Crippen MR) is 312 cm³/mol. The highest BCUT2D eigenvalue weighted by Crippen LogP contribution is 2.39. The predicted octanol–water partition coefficient (Wildman–Crippen LogP) is 6.94. The molecule has 2 fully saturated rings. The first-order valence-electron chi connectivity index (χ1n) is 28.0. The Morgan fingerprint density at radius 2 is 0.887 bits per heavy atom. The standard InChI is InChI=1S/C58H78Cl2N10O8S2/c1-39-29-43(59)33-49-51(39)35-67(3)37-53(49)41-11-7-13-47(31-41)79(75,76)69-25-17-45(18-26-69)65-55(71)15-9-23-63-57(73)61-21-5-6-22-62-58(74)64-24-10-16-56(72)66-46-19-27-70(28-20-46)80(77,78)48-14-8-12-42(32-48)54-38-68(4)36-52-40(2)30-44(60)34-50(52)54/h7-8,11-14,29-34,45-46,53-54H,5-6,9-10,15-28,35-38H2,1-4H3,(H,65,71)(H,66,72)(H2,61,63,73)(H2,62,64,74)/t53-,54-/m0/s1. The smallest absolute Gasteiger partial charge is 0.314 e. The molecule has 0 unspecified atom stereocenters. The summed E-state index contributed by atoms with van der Waals surface area (Å²) in [4.78, 5) is 55.2. The van der Waals surface area contributed by atoms with E-state index in [4.69, 9.17) is 23.2 Å². The third kappa shape index (κ3) is 15.8. The maximum Gasteiger partial charge on any atom is 0.314 e. The summed E-state index contributed by atoms with van der Waals surface area (Å²) in [5, 5.41) is 18.5. The van der Waals surface area contributed by atoms with Gasteiger partial charge in [-0.3, -0.25) is 9.59 Å². The van der Waals surface area contributed by atoms with Crippen LogP contribution in [0.4, 0.5) is 9.59 Å². The van der Waals surface area contributed by atoms with Crippen LogP contribution in [0.2, 0.25) is 10.0 Å². The number of carbonyl (C=O) groups excluding carboxylic acids is 4. The summed E-state index contributed by atoms with van der Waals surface area (Å²) in [6, 6.07) is 21.4. The summed E-state index contributed by atoms with van der Waals surface area (Å²) >= 11 is 12.9. The molecule has 434 valence electrons. The van der Waals surface area contributed by atoms with E-state index in [2.05, 4.69) is 69.6 Å². The molecule has 22 heteroatoms. The molecule has 4 aromatic rings. The van der Waals surface area contributed by atoms with Crippen molar-refractivity contribution in [3.8, 4) is 0 Å². The van der Waals surface area contributed by atoms with Gasteiger partial charge < -0.3 is 41.7 Å². The number of halogens is 2. The normalized spacial score (nSPS) is 18.9. The molecule has 4 aliphatic heterocycles. The number of carbonyl (C=O) groups is 4. The number of likely N-dealkylation sites (N-methyl/N-ethyl adjacent to an activating group) is 2. The molecule has 0 saturated carbocycles. The molecule has 18 nitrogen and oxygen atoms in total. The molecule has 0 aromatic heterocycles. The summed E-state index contributed by atoms with van der Waals surface area (Å²) in [6.07, 6.45) is 4.57. The number of sulfonamides is 2. The largest absolute Gasteiger partial charge is 0.353 e. The van der Waals surface area contributed by atoms with Gasteiger partial charge in [0.15, 0.2) is 0 Å². The van der Waals surface area contributed by atoms with Gasteiger partial charge in [0.25, 0.3) is 0 Å². The molecule has 6 amide bonds. The fraction of sp³-hybridized carbons (Fsp3) is 0.517. The van der Waals surface area contributed by atoms with Crippen LogP contribution in [-0.4, -0.2) is 151 Å². The third-order valence-electron chi connectivity index (χ3n) is 15.9. The van der Waals surface area contributed by atoms with Crippen molar-refractivity contribution < 1.29 is 36.0 Å². The average Bonchev–Trinajstić information content (AvgIpc) is 3.54. The molecular formula is C58H78Cl2N10O8S2. The first kappa shape index (κ1) is 60.8. The maximum atomic E-state index is 13.9. The van der Waals surface area contributed by atoms with E-state index in [1.807, 2.05) is 36.4 Å². The van der Waals surface area contributed by atoms with Crippen LogP contribution < -0.4 is 31.9 Å². The van der Waals surface area contributed by atoms with Crippen LogP contribution in [0.25, 0.3) is 0 Å². The SMILES string of the molecule is Cc1cc(Cl)cc2c1CN(C)C[C@H]2c1cccc(S(=O)(=O)N2CCC(NC(=O)CCCNC(=O)NCCCCNC(=O)NCCCC(=O)NC3CCN(S(=O)(=O)c4cccc([C@@H]5CN(C)Cc6c(C)cc(Cl)cc65)c4)CC3)CC2)c1. The molecule has 8 rings (SSSR count). The van der Waals surface area contributed by atoms with Gasteiger partial charge in [-0.15, -0.1) is 0 Å². The fourth-order valence-corrected chi connectivity index (χ4v) is 15.2. The van der Waals surface area contributed by atoms with Gasteiger partial charge in [-0.25, -0.2) is 26.4 Å². The van der Waals surface area contributed by atoms with E-state index in [0.29, 0.717) is 114 Å². The van der Waals surface area contributed by atoms with Crippen LogP contribution >= 0.6 is 23.2 Å². The highest BCUT2D eigenvalue weighted by Gasteiger charge is 2.34. The number of nitrogens with one attached hydrogen (secondary N) is 6. The Morgan fingerprint density at radius 3 is 1.26 bits per heavy atom. The molecule has 6 N–H and O–H groups in total. The first-order chi connectivity index (χ1) is 38.2. The van der Waals surface area contributed by atoms with Crippen molar-refractivity contribution in [1.29, 1.82) is 0 Å². The third-order valence-corrected chi connectivity index (χ3v) is 20.1. The van der Waals surface area contributed by atoms with Crippen LogP contribution in [-0.2, 0) is 42.7 Å². The quantitative estimate of drug-likeness (QED) is 0.0472.